The Hall–Kier alpha value is -7.08. The lowest BCUT2D eigenvalue weighted by Crippen LogP contribution is -2.12. The second-order valence-electron chi connectivity index (χ2n) is 16.4. The number of rotatable bonds is 4. The highest BCUT2D eigenvalue weighted by molar-refractivity contribution is 5.60. The van der Waals surface area contributed by atoms with E-state index in [2.05, 4.69) is 0 Å². The Kier molecular flexibility index (Phi) is 11.0. The molecule has 6 aromatic carbocycles. The van der Waals surface area contributed by atoms with Crippen molar-refractivity contribution < 1.29 is 57.6 Å². The molecule has 0 fully saturated rings. The van der Waals surface area contributed by atoms with Crippen molar-refractivity contribution in [2.24, 2.45) is 0 Å². The summed E-state index contributed by atoms with van der Waals surface area (Å²) >= 11 is 0. The lowest BCUT2D eigenvalue weighted by Gasteiger charge is -2.20. The highest BCUT2D eigenvalue weighted by Crippen LogP contribution is 2.43. The summed E-state index contributed by atoms with van der Waals surface area (Å²) < 4.78 is 62.2. The first-order valence-corrected chi connectivity index (χ1v) is 21.5. The minimum atomic E-state index is 0.0108. The summed E-state index contributed by atoms with van der Waals surface area (Å²) in [5, 5.41) is 23.0. The molecule has 6 aromatic rings. The van der Waals surface area contributed by atoms with Crippen LogP contribution < -0.4 is 47.4 Å². The van der Waals surface area contributed by atoms with E-state index in [1.54, 1.807) is 40.6 Å². The van der Waals surface area contributed by atoms with Crippen molar-refractivity contribution in [1.82, 2.24) is 0 Å². The first-order chi connectivity index (χ1) is 31.3. The largest absolute Gasteiger partial charge is 0.504 e. The van der Waals surface area contributed by atoms with Crippen molar-refractivity contribution in [3.63, 3.8) is 0 Å². The fourth-order valence-corrected chi connectivity index (χ4v) is 9.32. The molecule has 0 saturated carbocycles. The predicted molar refractivity (Wildman–Crippen MR) is 238 cm³/mol. The first kappa shape index (κ1) is 41.0. The van der Waals surface area contributed by atoms with Crippen LogP contribution in [0.3, 0.4) is 0 Å². The zero-order valence-electron chi connectivity index (χ0n) is 36.4. The first-order valence-electron chi connectivity index (χ1n) is 21.5. The highest BCUT2D eigenvalue weighted by Gasteiger charge is 2.25. The van der Waals surface area contributed by atoms with Gasteiger partial charge in [-0.3, -0.25) is 0 Å². The second-order valence-corrected chi connectivity index (χ2v) is 16.4. The van der Waals surface area contributed by atoms with E-state index in [0.717, 1.165) is 66.8 Å². The summed E-state index contributed by atoms with van der Waals surface area (Å²) in [7, 11) is 6.55. The molecular weight excluding hydrogens is 817 g/mol. The Morgan fingerprint density at radius 2 is 0.469 bits per heavy atom. The van der Waals surface area contributed by atoms with Crippen LogP contribution >= 0.6 is 0 Å². The Morgan fingerprint density at radius 1 is 0.281 bits per heavy atom. The average Bonchev–Trinajstić information content (AvgIpc) is 3.38. The van der Waals surface area contributed by atoms with Gasteiger partial charge in [0.15, 0.2) is 69.0 Å². The van der Waals surface area contributed by atoms with Gasteiger partial charge in [0.1, 0.15) is 39.6 Å². The van der Waals surface area contributed by atoms with Gasteiger partial charge in [0.05, 0.1) is 28.4 Å². The standard InChI is InChI=1S/C52H50O12/c1-55-45-21-33-13-31-19-43-41(53)17-29(31)11-37-25-49-47(57-3)23-35(37)15-39(33)27-51(45)63-9-10-64-52-28-40-16-36-24-48(58-4)50(62-8-7-61-49)26-38(36)12-30-18-42(54)44(60-6-5-59-43)20-32(30)14-34(40)22-46(52)56-2/h17-28,53-54H,5-16H2,1-4H3. The van der Waals surface area contributed by atoms with E-state index in [4.69, 9.17) is 47.4 Å². The molecule has 0 aromatic heterocycles. The lowest BCUT2D eigenvalue weighted by atomic mass is 9.94. The molecule has 12 heterocycles. The van der Waals surface area contributed by atoms with Crippen LogP contribution in [0.4, 0.5) is 0 Å². The summed E-state index contributed by atoms with van der Waals surface area (Å²) in [5.41, 5.74) is 12.0. The van der Waals surface area contributed by atoms with Crippen molar-refractivity contribution in [3.8, 4) is 69.0 Å². The SMILES string of the molecule is COc1cc2c3cc1OCCOc1cc4c(cc1OC)Cc1cc5c(OC)cc1Cc1cc(c(O)cc1C4)OCCOc1cc(c(cc1O)C3)Cc1cc(OC)c(cc1C2)OCCO5. The summed E-state index contributed by atoms with van der Waals surface area (Å²) in [6.45, 7) is 1.11. The molecule has 0 radical (unpaired) electrons. The van der Waals surface area contributed by atoms with Gasteiger partial charge < -0.3 is 57.6 Å². The Labute approximate surface area is 371 Å². The molecule has 0 spiro atoms. The molecule has 12 heteroatoms. The number of benzene rings is 6. The van der Waals surface area contributed by atoms with Gasteiger partial charge in [-0.05, 0) is 178 Å². The van der Waals surface area contributed by atoms with E-state index in [1.165, 1.54) is 0 Å². The van der Waals surface area contributed by atoms with E-state index in [-0.39, 0.29) is 51.1 Å². The fraction of sp³-hybridized carbons (Fsp3) is 0.308. The summed E-state index contributed by atoms with van der Waals surface area (Å²) in [6, 6.07) is 23.6. The smallest absolute Gasteiger partial charge is 0.161 e. The van der Waals surface area contributed by atoms with Gasteiger partial charge in [-0.25, -0.2) is 0 Å². The van der Waals surface area contributed by atoms with Crippen molar-refractivity contribution in [1.29, 1.82) is 0 Å². The van der Waals surface area contributed by atoms with E-state index >= 15 is 0 Å². The average molecular weight is 867 g/mol. The molecular formula is C52H50O12. The quantitative estimate of drug-likeness (QED) is 0.176. The van der Waals surface area contributed by atoms with Crippen LogP contribution in [0.1, 0.15) is 66.8 Å². The van der Waals surface area contributed by atoms with Gasteiger partial charge in [-0.15, -0.1) is 0 Å². The summed E-state index contributed by atoms with van der Waals surface area (Å²) in [4.78, 5) is 0. The van der Waals surface area contributed by atoms with Crippen LogP contribution in [0.25, 0.3) is 0 Å². The summed E-state index contributed by atoms with van der Waals surface area (Å²) in [6.07, 6.45) is 3.16. The number of hydrogen-bond donors (Lipinski definition) is 2. The van der Waals surface area contributed by atoms with E-state index in [9.17, 15) is 10.2 Å². The van der Waals surface area contributed by atoms with Crippen LogP contribution in [0.5, 0.6) is 69.0 Å². The normalized spacial score (nSPS) is 15.0. The predicted octanol–water partition coefficient (Wildman–Crippen LogP) is 8.30. The third-order valence-corrected chi connectivity index (χ3v) is 12.6. The highest BCUT2D eigenvalue weighted by atomic mass is 16.6. The third kappa shape index (κ3) is 7.93. The van der Waals surface area contributed by atoms with Gasteiger partial charge in [0, 0.05) is 0 Å². The van der Waals surface area contributed by atoms with E-state index in [0.29, 0.717) is 96.0 Å². The van der Waals surface area contributed by atoms with E-state index < -0.39 is 0 Å². The molecule has 0 unspecified atom stereocenters. The zero-order valence-corrected chi connectivity index (χ0v) is 36.4. The molecule has 14 aliphatic rings. The molecule has 12 nitrogen and oxygen atoms in total. The number of ether oxygens (including phenoxy) is 10. The van der Waals surface area contributed by atoms with Crippen molar-refractivity contribution in [2.75, 3.05) is 68.1 Å². The Bertz CT molecular complexity index is 2580. The minimum Gasteiger partial charge on any atom is -0.504 e. The van der Waals surface area contributed by atoms with Gasteiger partial charge in [-0.2, -0.15) is 0 Å². The van der Waals surface area contributed by atoms with Gasteiger partial charge in [0.25, 0.3) is 0 Å². The summed E-state index contributed by atoms with van der Waals surface area (Å²) in [5.74, 6) is 5.36. The zero-order chi connectivity index (χ0) is 43.9. The molecule has 18 bridgehead atoms. The fourth-order valence-electron chi connectivity index (χ4n) is 9.32. The maximum absolute atomic E-state index is 11.5. The number of aromatic hydroxyl groups is 2. The molecule has 20 rings (SSSR count). The van der Waals surface area contributed by atoms with Crippen molar-refractivity contribution in [2.45, 2.75) is 38.5 Å². The maximum atomic E-state index is 11.5. The van der Waals surface area contributed by atoms with Crippen LogP contribution in [-0.4, -0.2) is 78.3 Å². The third-order valence-electron chi connectivity index (χ3n) is 12.6. The molecule has 0 atom stereocenters. The van der Waals surface area contributed by atoms with E-state index in [1.807, 2.05) is 60.7 Å². The van der Waals surface area contributed by atoms with Crippen LogP contribution in [-0.2, 0) is 38.5 Å². The van der Waals surface area contributed by atoms with Crippen LogP contribution in [0, 0.1) is 0 Å². The van der Waals surface area contributed by atoms with Gasteiger partial charge >= 0.3 is 0 Å². The molecule has 2 N–H and O–H groups in total. The second kappa shape index (κ2) is 17.2. The van der Waals surface area contributed by atoms with Gasteiger partial charge in [0.2, 0.25) is 0 Å². The number of phenols is 2. The van der Waals surface area contributed by atoms with Crippen LogP contribution in [0.15, 0.2) is 72.8 Å². The molecule has 330 valence electrons. The molecule has 0 saturated heterocycles. The molecule has 12 aliphatic heterocycles. The number of hydrogen-bond acceptors (Lipinski definition) is 12. The molecule has 64 heavy (non-hydrogen) atoms. The molecule has 2 aliphatic carbocycles. The topological polar surface area (TPSA) is 133 Å². The van der Waals surface area contributed by atoms with Crippen molar-refractivity contribution >= 4 is 0 Å². The number of phenolic OH excluding ortho intramolecular Hbond substituents is 2. The minimum absolute atomic E-state index is 0.0108. The lowest BCUT2D eigenvalue weighted by molar-refractivity contribution is 0.205. The molecule has 0 amide bonds. The maximum Gasteiger partial charge on any atom is 0.161 e. The van der Waals surface area contributed by atoms with Crippen molar-refractivity contribution in [3.05, 3.63) is 140 Å². The Morgan fingerprint density at radius 3 is 0.703 bits per heavy atom. The van der Waals surface area contributed by atoms with Crippen LogP contribution in [0.2, 0.25) is 0 Å². The number of methoxy groups -OCH3 is 4. The van der Waals surface area contributed by atoms with Gasteiger partial charge in [-0.1, -0.05) is 0 Å². The Balaban J connectivity index is 1.19. The monoisotopic (exact) mass is 866 g/mol.